The van der Waals surface area contributed by atoms with Gasteiger partial charge in [-0.1, -0.05) is 18.2 Å². The van der Waals surface area contributed by atoms with Crippen LogP contribution in [0.4, 0.5) is 11.4 Å². The Hall–Kier alpha value is -3.67. The normalized spacial score (nSPS) is 10.9. The largest absolute Gasteiger partial charge is 0.353 e. The van der Waals surface area contributed by atoms with Gasteiger partial charge in [-0.05, 0) is 42.8 Å². The first-order valence-corrected chi connectivity index (χ1v) is 9.11. The fourth-order valence-electron chi connectivity index (χ4n) is 3.24. The first-order chi connectivity index (χ1) is 13.6. The van der Waals surface area contributed by atoms with Gasteiger partial charge in [0, 0.05) is 46.7 Å². The van der Waals surface area contributed by atoms with Crippen molar-refractivity contribution in [2.24, 2.45) is 0 Å². The summed E-state index contributed by atoms with van der Waals surface area (Å²) in [4.78, 5) is 31.1. The lowest BCUT2D eigenvalue weighted by molar-refractivity contribution is -0.116. The summed E-state index contributed by atoms with van der Waals surface area (Å²) in [5.74, 6) is -0.204. The van der Waals surface area contributed by atoms with Gasteiger partial charge in [0.05, 0.1) is 11.7 Å². The number of aromatic nitrogens is 2. The second-order valence-corrected chi connectivity index (χ2v) is 6.70. The van der Waals surface area contributed by atoms with Crippen molar-refractivity contribution in [3.05, 3.63) is 66.5 Å². The molecular weight excluding hydrogens is 352 g/mol. The molecule has 2 heterocycles. The molecule has 140 valence electrons. The van der Waals surface area contributed by atoms with Crippen molar-refractivity contribution in [1.82, 2.24) is 9.97 Å². The number of benzene rings is 2. The molecule has 0 atom stereocenters. The molecule has 6 heteroatoms. The molecule has 2 aromatic heterocycles. The van der Waals surface area contributed by atoms with Gasteiger partial charge in [-0.3, -0.25) is 14.6 Å². The molecule has 0 saturated heterocycles. The van der Waals surface area contributed by atoms with E-state index in [0.29, 0.717) is 24.2 Å². The summed E-state index contributed by atoms with van der Waals surface area (Å²) < 4.78 is 0. The van der Waals surface area contributed by atoms with Crippen LogP contribution in [-0.4, -0.2) is 21.8 Å². The van der Waals surface area contributed by atoms with Crippen LogP contribution in [0.5, 0.6) is 0 Å². The van der Waals surface area contributed by atoms with Gasteiger partial charge in [-0.15, -0.1) is 0 Å². The van der Waals surface area contributed by atoms with Gasteiger partial charge >= 0.3 is 0 Å². The van der Waals surface area contributed by atoms with E-state index in [-0.39, 0.29) is 11.8 Å². The molecule has 6 nitrogen and oxygen atoms in total. The zero-order valence-corrected chi connectivity index (χ0v) is 15.5. The summed E-state index contributed by atoms with van der Waals surface area (Å²) in [7, 11) is 0. The quantitative estimate of drug-likeness (QED) is 0.489. The number of fused-ring (bicyclic) bond motifs is 3. The molecule has 4 rings (SSSR count). The number of carbonyl (C=O) groups excluding carboxylic acids is 2. The number of aromatic amines is 1. The van der Waals surface area contributed by atoms with Gasteiger partial charge in [0.15, 0.2) is 0 Å². The Morgan fingerprint density at radius 1 is 0.929 bits per heavy atom. The van der Waals surface area contributed by atoms with E-state index in [1.54, 1.807) is 24.3 Å². The molecule has 0 fully saturated rings. The molecule has 0 aliphatic rings. The summed E-state index contributed by atoms with van der Waals surface area (Å²) in [6.07, 6.45) is 2.73. The maximum atomic E-state index is 12.3. The maximum Gasteiger partial charge on any atom is 0.224 e. The number of hydrogen-bond acceptors (Lipinski definition) is 3. The minimum Gasteiger partial charge on any atom is -0.353 e. The maximum absolute atomic E-state index is 12.3. The van der Waals surface area contributed by atoms with Crippen molar-refractivity contribution in [1.29, 1.82) is 0 Å². The lowest BCUT2D eigenvalue weighted by atomic mass is 10.1. The number of aryl methyl sites for hydroxylation is 1. The van der Waals surface area contributed by atoms with Crippen LogP contribution in [0.1, 0.15) is 19.0 Å². The first-order valence-electron chi connectivity index (χ1n) is 9.11. The van der Waals surface area contributed by atoms with Crippen molar-refractivity contribution < 1.29 is 9.59 Å². The molecule has 4 aromatic rings. The summed E-state index contributed by atoms with van der Waals surface area (Å²) in [6, 6.07) is 17.2. The third-order valence-electron chi connectivity index (χ3n) is 4.54. The number of rotatable bonds is 5. The summed E-state index contributed by atoms with van der Waals surface area (Å²) in [5, 5.41) is 7.84. The molecule has 0 unspecified atom stereocenters. The highest BCUT2D eigenvalue weighted by Gasteiger charge is 2.08. The number of anilines is 2. The van der Waals surface area contributed by atoms with E-state index in [4.69, 9.17) is 0 Å². The van der Waals surface area contributed by atoms with Crippen molar-refractivity contribution in [2.75, 3.05) is 10.6 Å². The van der Waals surface area contributed by atoms with Crippen LogP contribution in [0.15, 0.2) is 60.8 Å². The molecule has 0 radical (unpaired) electrons. The Kier molecular flexibility index (Phi) is 4.76. The van der Waals surface area contributed by atoms with E-state index in [2.05, 4.69) is 26.7 Å². The topological polar surface area (TPSA) is 86.9 Å². The van der Waals surface area contributed by atoms with Gasteiger partial charge in [0.2, 0.25) is 11.8 Å². The van der Waals surface area contributed by atoms with Crippen LogP contribution in [0.3, 0.4) is 0 Å². The smallest absolute Gasteiger partial charge is 0.224 e. The van der Waals surface area contributed by atoms with E-state index in [0.717, 1.165) is 27.5 Å². The Labute approximate surface area is 162 Å². The Bertz CT molecular complexity index is 1160. The molecule has 2 aromatic carbocycles. The fourth-order valence-corrected chi connectivity index (χ4v) is 3.24. The van der Waals surface area contributed by atoms with Crippen molar-refractivity contribution in [2.45, 2.75) is 19.8 Å². The summed E-state index contributed by atoms with van der Waals surface area (Å²) >= 11 is 0. The zero-order chi connectivity index (χ0) is 19.5. The van der Waals surface area contributed by atoms with Crippen LogP contribution < -0.4 is 10.6 Å². The molecule has 0 spiro atoms. The average Bonchev–Trinajstić information content (AvgIpc) is 3.05. The average molecular weight is 372 g/mol. The third kappa shape index (κ3) is 3.86. The van der Waals surface area contributed by atoms with Crippen LogP contribution in [-0.2, 0) is 16.0 Å². The molecule has 0 aliphatic heterocycles. The molecule has 2 amide bonds. The minimum atomic E-state index is -0.128. The third-order valence-corrected chi connectivity index (χ3v) is 4.54. The van der Waals surface area contributed by atoms with Crippen molar-refractivity contribution in [3.63, 3.8) is 0 Å². The van der Waals surface area contributed by atoms with Crippen LogP contribution in [0.25, 0.3) is 21.8 Å². The van der Waals surface area contributed by atoms with E-state index in [1.165, 1.54) is 6.92 Å². The van der Waals surface area contributed by atoms with Gasteiger partial charge < -0.3 is 15.6 Å². The minimum absolute atomic E-state index is 0.0758. The number of pyridine rings is 1. The van der Waals surface area contributed by atoms with Gasteiger partial charge in [-0.25, -0.2) is 0 Å². The summed E-state index contributed by atoms with van der Waals surface area (Å²) in [5.41, 5.74) is 4.35. The highest BCUT2D eigenvalue weighted by atomic mass is 16.2. The number of para-hydroxylation sites is 1. The number of nitrogens with one attached hydrogen (secondary N) is 3. The molecule has 0 saturated carbocycles. The SMILES string of the molecule is CC(=O)Nc1ccc(NC(=O)CCc2cc3c(cn2)[nH]c2ccccc23)cc1. The van der Waals surface area contributed by atoms with Gasteiger partial charge in [-0.2, -0.15) is 0 Å². The molecule has 0 bridgehead atoms. The van der Waals surface area contributed by atoms with Gasteiger partial charge in [0.1, 0.15) is 0 Å². The fraction of sp³-hybridized carbons (Fsp3) is 0.136. The lowest BCUT2D eigenvalue weighted by Crippen LogP contribution is -2.13. The lowest BCUT2D eigenvalue weighted by Gasteiger charge is -2.07. The highest BCUT2D eigenvalue weighted by molar-refractivity contribution is 6.07. The van der Waals surface area contributed by atoms with Gasteiger partial charge in [0.25, 0.3) is 0 Å². The van der Waals surface area contributed by atoms with E-state index in [9.17, 15) is 9.59 Å². The second kappa shape index (κ2) is 7.52. The molecule has 28 heavy (non-hydrogen) atoms. The van der Waals surface area contributed by atoms with E-state index in [1.807, 2.05) is 30.5 Å². The van der Waals surface area contributed by atoms with E-state index >= 15 is 0 Å². The van der Waals surface area contributed by atoms with Crippen LogP contribution in [0.2, 0.25) is 0 Å². The zero-order valence-electron chi connectivity index (χ0n) is 15.5. The predicted molar refractivity (Wildman–Crippen MR) is 111 cm³/mol. The number of nitrogens with zero attached hydrogens (tertiary/aromatic N) is 1. The first kappa shape index (κ1) is 17.7. The van der Waals surface area contributed by atoms with E-state index < -0.39 is 0 Å². The monoisotopic (exact) mass is 372 g/mol. The number of hydrogen-bond donors (Lipinski definition) is 3. The number of carbonyl (C=O) groups is 2. The second-order valence-electron chi connectivity index (χ2n) is 6.70. The highest BCUT2D eigenvalue weighted by Crippen LogP contribution is 2.25. The summed E-state index contributed by atoms with van der Waals surface area (Å²) in [6.45, 7) is 1.46. The Balaban J connectivity index is 1.40. The number of amides is 2. The Morgan fingerprint density at radius 2 is 1.64 bits per heavy atom. The molecule has 3 N–H and O–H groups in total. The number of H-pyrrole nitrogens is 1. The van der Waals surface area contributed by atoms with Crippen LogP contribution in [0, 0.1) is 0 Å². The molecular formula is C22H20N4O2. The van der Waals surface area contributed by atoms with Crippen molar-refractivity contribution >= 4 is 45.0 Å². The van der Waals surface area contributed by atoms with Crippen molar-refractivity contribution in [3.8, 4) is 0 Å². The van der Waals surface area contributed by atoms with Crippen LogP contribution >= 0.6 is 0 Å². The Morgan fingerprint density at radius 3 is 2.39 bits per heavy atom. The molecule has 0 aliphatic carbocycles. The predicted octanol–water partition coefficient (Wildman–Crippen LogP) is 4.25. The standard InChI is InChI=1S/C22H20N4O2/c1-14(27)24-15-6-8-16(9-7-15)25-22(28)11-10-17-12-19-18-4-2-3-5-20(18)26-21(19)13-23-17/h2-9,12-13,26H,10-11H2,1H3,(H,24,27)(H,25,28).